The quantitative estimate of drug-likeness (QED) is 0.470. The number of Topliss-reactive ketones (excluding diaryl/α,β-unsaturated/α-hetero) is 1. The lowest BCUT2D eigenvalue weighted by Crippen LogP contribution is -2.37. The molecule has 33 heavy (non-hydrogen) atoms. The molecule has 0 bridgehead atoms. The molecular formula is C25H22BrNO6. The fourth-order valence-electron chi connectivity index (χ4n) is 4.50. The molecule has 0 spiro atoms. The maximum atomic E-state index is 13.6. The minimum atomic E-state index is -0.788. The fraction of sp³-hybridized carbons (Fsp3) is 0.280. The number of benzene rings is 2. The fourth-order valence-corrected chi connectivity index (χ4v) is 4.88. The van der Waals surface area contributed by atoms with E-state index in [-0.39, 0.29) is 24.0 Å². The average molecular weight is 512 g/mol. The van der Waals surface area contributed by atoms with Crippen LogP contribution in [0.25, 0.3) is 11.0 Å². The molecule has 5 rings (SSSR count). The van der Waals surface area contributed by atoms with E-state index in [2.05, 4.69) is 15.9 Å². The summed E-state index contributed by atoms with van der Waals surface area (Å²) in [7, 11) is 1.55. The van der Waals surface area contributed by atoms with E-state index >= 15 is 0 Å². The Morgan fingerprint density at radius 1 is 1.24 bits per heavy atom. The van der Waals surface area contributed by atoms with E-state index in [4.69, 9.17) is 13.9 Å². The predicted molar refractivity (Wildman–Crippen MR) is 124 cm³/mol. The Bertz CT molecular complexity index is 1270. The molecule has 2 atom stereocenters. The second-order valence-corrected chi connectivity index (χ2v) is 9.07. The van der Waals surface area contributed by atoms with Crippen molar-refractivity contribution >= 4 is 38.6 Å². The van der Waals surface area contributed by atoms with Gasteiger partial charge in [0, 0.05) is 23.0 Å². The number of hydrogen-bond donors (Lipinski definition) is 1. The molecule has 2 aliphatic heterocycles. The van der Waals surface area contributed by atoms with E-state index in [1.807, 2.05) is 18.2 Å². The predicted octanol–water partition coefficient (Wildman–Crippen LogP) is 4.96. The monoisotopic (exact) mass is 511 g/mol. The molecular weight excluding hydrogens is 490 g/mol. The van der Waals surface area contributed by atoms with Gasteiger partial charge in [0.25, 0.3) is 5.91 Å². The number of amides is 1. The molecule has 2 aromatic carbocycles. The minimum absolute atomic E-state index is 0.00984. The first kappa shape index (κ1) is 21.7. The number of ether oxygens (including phenoxy) is 2. The summed E-state index contributed by atoms with van der Waals surface area (Å²) >= 11 is 3.41. The molecule has 0 saturated carbocycles. The Hall–Kier alpha value is -3.10. The van der Waals surface area contributed by atoms with Gasteiger partial charge in [-0.1, -0.05) is 28.1 Å². The van der Waals surface area contributed by atoms with Gasteiger partial charge in [-0.05, 0) is 54.8 Å². The second kappa shape index (κ2) is 8.68. The zero-order chi connectivity index (χ0) is 23.1. The van der Waals surface area contributed by atoms with Gasteiger partial charge in [0.1, 0.15) is 11.3 Å². The minimum Gasteiger partial charge on any atom is -0.503 e. The van der Waals surface area contributed by atoms with Crippen molar-refractivity contribution in [1.29, 1.82) is 0 Å². The molecule has 3 heterocycles. The van der Waals surface area contributed by atoms with Crippen molar-refractivity contribution in [3.8, 4) is 5.75 Å². The van der Waals surface area contributed by atoms with Crippen molar-refractivity contribution in [2.75, 3.05) is 20.3 Å². The Kier molecular flexibility index (Phi) is 5.72. The van der Waals surface area contributed by atoms with Crippen molar-refractivity contribution in [3.05, 3.63) is 75.7 Å². The molecule has 170 valence electrons. The van der Waals surface area contributed by atoms with Crippen molar-refractivity contribution in [2.45, 2.75) is 25.0 Å². The zero-order valence-corrected chi connectivity index (χ0v) is 19.5. The number of carbonyl (C=O) groups is 2. The van der Waals surface area contributed by atoms with Crippen LogP contribution in [0.4, 0.5) is 0 Å². The lowest BCUT2D eigenvalue weighted by Gasteiger charge is -2.29. The van der Waals surface area contributed by atoms with E-state index in [0.29, 0.717) is 23.5 Å². The molecule has 2 unspecified atom stereocenters. The third-order valence-electron chi connectivity index (χ3n) is 6.08. The average Bonchev–Trinajstić information content (AvgIpc) is 3.54. The van der Waals surface area contributed by atoms with E-state index in [9.17, 15) is 14.7 Å². The normalized spacial score (nSPS) is 20.8. The number of aliphatic hydroxyl groups is 1. The highest BCUT2D eigenvalue weighted by atomic mass is 79.9. The highest BCUT2D eigenvalue weighted by molar-refractivity contribution is 9.10. The van der Waals surface area contributed by atoms with Gasteiger partial charge in [0.2, 0.25) is 5.78 Å². The van der Waals surface area contributed by atoms with Crippen LogP contribution in [0.15, 0.2) is 68.8 Å². The topological polar surface area (TPSA) is 89.2 Å². The summed E-state index contributed by atoms with van der Waals surface area (Å²) in [6, 6.07) is 13.4. The molecule has 0 aliphatic carbocycles. The van der Waals surface area contributed by atoms with Gasteiger partial charge in [-0.15, -0.1) is 0 Å². The molecule has 0 radical (unpaired) electrons. The van der Waals surface area contributed by atoms with Crippen molar-refractivity contribution < 1.29 is 28.6 Å². The highest BCUT2D eigenvalue weighted by Gasteiger charge is 2.45. The molecule has 8 heteroatoms. The third-order valence-corrected chi connectivity index (χ3v) is 6.58. The number of nitrogens with zero attached hydrogens (tertiary/aromatic N) is 1. The molecule has 1 fully saturated rings. The Morgan fingerprint density at radius 2 is 2.09 bits per heavy atom. The van der Waals surface area contributed by atoms with Crippen LogP contribution in [0.3, 0.4) is 0 Å². The molecule has 7 nitrogen and oxygen atoms in total. The lowest BCUT2D eigenvalue weighted by molar-refractivity contribution is -0.131. The summed E-state index contributed by atoms with van der Waals surface area (Å²) in [6.07, 6.45) is 1.58. The maximum absolute atomic E-state index is 13.6. The Labute approximate surface area is 198 Å². The number of furan rings is 1. The van der Waals surface area contributed by atoms with Gasteiger partial charge in [-0.25, -0.2) is 0 Å². The smallest absolute Gasteiger partial charge is 0.290 e. The molecule has 3 aromatic rings. The number of rotatable bonds is 6. The summed E-state index contributed by atoms with van der Waals surface area (Å²) in [4.78, 5) is 28.3. The van der Waals surface area contributed by atoms with Crippen LogP contribution < -0.4 is 4.74 Å². The number of methoxy groups -OCH3 is 1. The van der Waals surface area contributed by atoms with Crippen LogP contribution >= 0.6 is 15.9 Å². The van der Waals surface area contributed by atoms with Gasteiger partial charge in [0.15, 0.2) is 11.5 Å². The summed E-state index contributed by atoms with van der Waals surface area (Å²) in [6.45, 7) is 0.908. The Morgan fingerprint density at radius 3 is 2.85 bits per heavy atom. The van der Waals surface area contributed by atoms with Crippen molar-refractivity contribution in [1.82, 2.24) is 4.90 Å². The van der Waals surface area contributed by atoms with Gasteiger partial charge in [-0.3, -0.25) is 9.59 Å². The van der Waals surface area contributed by atoms with Gasteiger partial charge < -0.3 is 23.9 Å². The molecule has 1 N–H and O–H groups in total. The third kappa shape index (κ3) is 3.94. The largest absolute Gasteiger partial charge is 0.503 e. The number of aliphatic hydroxyl groups excluding tert-OH is 1. The highest BCUT2D eigenvalue weighted by Crippen LogP contribution is 2.41. The molecule has 1 aromatic heterocycles. The lowest BCUT2D eigenvalue weighted by atomic mass is 9.94. The van der Waals surface area contributed by atoms with Crippen LogP contribution in [-0.4, -0.2) is 48.1 Å². The van der Waals surface area contributed by atoms with Gasteiger partial charge >= 0.3 is 0 Å². The van der Waals surface area contributed by atoms with Crippen molar-refractivity contribution in [2.24, 2.45) is 0 Å². The first-order chi connectivity index (χ1) is 16.0. The number of halogens is 1. The van der Waals surface area contributed by atoms with Crippen LogP contribution in [-0.2, 0) is 9.53 Å². The van der Waals surface area contributed by atoms with E-state index < -0.39 is 23.5 Å². The zero-order valence-electron chi connectivity index (χ0n) is 17.9. The number of hydrogen-bond acceptors (Lipinski definition) is 6. The number of carbonyl (C=O) groups excluding carboxylic acids is 2. The van der Waals surface area contributed by atoms with Crippen LogP contribution in [0.5, 0.6) is 5.75 Å². The van der Waals surface area contributed by atoms with Crippen LogP contribution in [0.1, 0.15) is 35.0 Å². The first-order valence-electron chi connectivity index (χ1n) is 10.7. The number of ketones is 1. The molecule has 2 aliphatic rings. The van der Waals surface area contributed by atoms with Crippen LogP contribution in [0, 0.1) is 0 Å². The molecule has 1 amide bonds. The standard InChI is InChI=1S/C25H22BrNO6/c1-31-17-5-2-4-14(11-17)22-21(24(29)25(30)27(22)13-18-6-3-9-32-18)23(28)20-12-15-10-16(26)7-8-19(15)33-20/h2,4-5,7-8,10-12,18,22,29H,3,6,9,13H2,1H3. The van der Waals surface area contributed by atoms with E-state index in [1.165, 1.54) is 4.90 Å². The Balaban J connectivity index is 1.58. The van der Waals surface area contributed by atoms with E-state index in [1.54, 1.807) is 37.4 Å². The van der Waals surface area contributed by atoms with E-state index in [0.717, 1.165) is 22.7 Å². The summed E-state index contributed by atoms with van der Waals surface area (Å²) < 4.78 is 17.7. The number of fused-ring (bicyclic) bond motifs is 1. The SMILES string of the molecule is COc1cccc(C2C(C(=O)c3cc4cc(Br)ccc4o3)=C(O)C(=O)N2CC2CCCO2)c1. The first-order valence-corrected chi connectivity index (χ1v) is 11.5. The maximum Gasteiger partial charge on any atom is 0.290 e. The molecule has 1 saturated heterocycles. The van der Waals surface area contributed by atoms with Gasteiger partial charge in [-0.2, -0.15) is 0 Å². The summed E-state index contributed by atoms with van der Waals surface area (Å²) in [5, 5.41) is 11.6. The van der Waals surface area contributed by atoms with Crippen molar-refractivity contribution in [3.63, 3.8) is 0 Å². The van der Waals surface area contributed by atoms with Crippen LogP contribution in [0.2, 0.25) is 0 Å². The second-order valence-electron chi connectivity index (χ2n) is 8.16. The summed E-state index contributed by atoms with van der Waals surface area (Å²) in [5.41, 5.74) is 1.19. The van der Waals surface area contributed by atoms with Gasteiger partial charge in [0.05, 0.1) is 24.8 Å². The summed E-state index contributed by atoms with van der Waals surface area (Å²) in [5.74, 6) is -1.04.